The average molecular weight is 446 g/mol. The minimum Gasteiger partial charge on any atom is -0.345 e. The lowest BCUT2D eigenvalue weighted by molar-refractivity contribution is -0.117. The number of carbonyl (C=O) groups excluding carboxylic acids is 1. The molecule has 0 spiro atoms. The predicted molar refractivity (Wildman–Crippen MR) is 123 cm³/mol. The summed E-state index contributed by atoms with van der Waals surface area (Å²) in [5, 5.41) is 6.15. The van der Waals surface area contributed by atoms with Crippen LogP contribution in [0, 0.1) is 6.92 Å². The maximum atomic E-state index is 12.8. The van der Waals surface area contributed by atoms with E-state index in [1.54, 1.807) is 22.9 Å². The lowest BCUT2D eigenvalue weighted by Crippen LogP contribution is -2.31. The van der Waals surface area contributed by atoms with Crippen LogP contribution in [0.2, 0.25) is 10.3 Å². The van der Waals surface area contributed by atoms with E-state index in [0.29, 0.717) is 12.5 Å². The number of anilines is 1. The zero-order valence-electron chi connectivity index (χ0n) is 17.6. The van der Waals surface area contributed by atoms with Gasteiger partial charge in [-0.25, -0.2) is 9.97 Å². The van der Waals surface area contributed by atoms with Gasteiger partial charge in [0, 0.05) is 25.4 Å². The Hall–Kier alpha value is -2.44. The Bertz CT molecular complexity index is 1090. The molecule has 6 nitrogen and oxygen atoms in total. The molecule has 30 heavy (non-hydrogen) atoms. The van der Waals surface area contributed by atoms with Gasteiger partial charge in [0.25, 0.3) is 0 Å². The largest absolute Gasteiger partial charge is 0.345 e. The second kappa shape index (κ2) is 9.14. The van der Waals surface area contributed by atoms with Crippen molar-refractivity contribution in [3.05, 3.63) is 58.0 Å². The molecule has 0 N–H and O–H groups in total. The van der Waals surface area contributed by atoms with Gasteiger partial charge in [-0.1, -0.05) is 43.1 Å². The first-order valence-electron chi connectivity index (χ1n) is 9.73. The molecule has 0 fully saturated rings. The average Bonchev–Trinajstić information content (AvgIpc) is 2.93. The number of pyridine rings is 2. The van der Waals surface area contributed by atoms with Crippen LogP contribution in [-0.4, -0.2) is 38.6 Å². The molecule has 0 atom stereocenters. The molecule has 0 saturated carbocycles. The van der Waals surface area contributed by atoms with Crippen LogP contribution >= 0.6 is 23.2 Å². The fourth-order valence-electron chi connectivity index (χ4n) is 3.59. The van der Waals surface area contributed by atoms with Crippen LogP contribution in [0.15, 0.2) is 30.9 Å². The predicted octanol–water partition coefficient (Wildman–Crippen LogP) is 4.91. The summed E-state index contributed by atoms with van der Waals surface area (Å²) < 4.78 is 1.79. The van der Waals surface area contributed by atoms with Gasteiger partial charge in [0.15, 0.2) is 11.4 Å². The van der Waals surface area contributed by atoms with Crippen molar-refractivity contribution in [3.63, 3.8) is 0 Å². The number of nitrogens with zero attached hydrogens (tertiary/aromatic N) is 5. The van der Waals surface area contributed by atoms with E-state index in [9.17, 15) is 4.79 Å². The smallest absolute Gasteiger partial charge is 0.160 e. The van der Waals surface area contributed by atoms with Crippen LogP contribution in [-0.2, 0) is 18.3 Å². The van der Waals surface area contributed by atoms with Crippen LogP contribution in [0.3, 0.4) is 0 Å². The lowest BCUT2D eigenvalue weighted by atomic mass is 9.99. The fraction of sp³-hybridized carbons (Fsp3) is 0.364. The second-order valence-corrected chi connectivity index (χ2v) is 8.41. The zero-order chi connectivity index (χ0) is 22.0. The molecule has 0 bridgehead atoms. The van der Waals surface area contributed by atoms with Gasteiger partial charge < -0.3 is 4.90 Å². The number of fused-ring (bicyclic) bond motifs is 1. The van der Waals surface area contributed by atoms with E-state index >= 15 is 0 Å². The first kappa shape index (κ1) is 22.2. The highest BCUT2D eigenvalue weighted by Gasteiger charge is 2.19. The number of hydrogen-bond acceptors (Lipinski definition) is 5. The molecular weight excluding hydrogens is 421 g/mol. The van der Waals surface area contributed by atoms with Gasteiger partial charge >= 0.3 is 0 Å². The topological polar surface area (TPSA) is 63.9 Å². The van der Waals surface area contributed by atoms with Crippen LogP contribution in [0.25, 0.3) is 11.0 Å². The minimum absolute atomic E-state index is 0.0179. The van der Waals surface area contributed by atoms with E-state index in [1.165, 1.54) is 0 Å². The number of carbonyl (C=O) groups is 1. The van der Waals surface area contributed by atoms with Gasteiger partial charge in [-0.15, -0.1) is 6.58 Å². The number of ketones is 1. The van der Waals surface area contributed by atoms with Crippen LogP contribution < -0.4 is 4.90 Å². The quantitative estimate of drug-likeness (QED) is 0.364. The molecule has 158 valence electrons. The Kier molecular flexibility index (Phi) is 6.78. The summed E-state index contributed by atoms with van der Waals surface area (Å²) in [5.41, 5.74) is 3.66. The maximum Gasteiger partial charge on any atom is 0.160 e. The van der Waals surface area contributed by atoms with Crippen molar-refractivity contribution in [1.29, 1.82) is 0 Å². The molecule has 0 aromatic carbocycles. The Morgan fingerprint density at radius 3 is 2.50 bits per heavy atom. The second-order valence-electron chi connectivity index (χ2n) is 7.64. The molecular formula is C22H25Cl2N5O. The van der Waals surface area contributed by atoms with E-state index in [-0.39, 0.29) is 29.1 Å². The standard InChI is InChI=1S/C22H25Cl2N5O/c1-6-7-29(12-16(30)8-15-9-18(23)25-19(24)10-15)20-11-17(13(2)3)21-14(4)27-28(5)22(21)26-20/h6,9-11,13H,1,7-8,12H2,2-5H3. The Labute approximate surface area is 186 Å². The number of aryl methyl sites for hydroxylation is 2. The molecule has 0 aliphatic carbocycles. The highest BCUT2D eigenvalue weighted by molar-refractivity contribution is 6.32. The summed E-state index contributed by atoms with van der Waals surface area (Å²) in [6.45, 7) is 10.8. The van der Waals surface area contributed by atoms with Crippen molar-refractivity contribution < 1.29 is 4.79 Å². The van der Waals surface area contributed by atoms with E-state index in [1.807, 2.05) is 18.9 Å². The zero-order valence-corrected chi connectivity index (χ0v) is 19.1. The summed E-state index contributed by atoms with van der Waals surface area (Å²) in [6.07, 6.45) is 1.97. The summed E-state index contributed by atoms with van der Waals surface area (Å²) in [5.74, 6) is 1.04. The van der Waals surface area contributed by atoms with E-state index < -0.39 is 0 Å². The lowest BCUT2D eigenvalue weighted by Gasteiger charge is -2.23. The van der Waals surface area contributed by atoms with Crippen molar-refractivity contribution in [1.82, 2.24) is 19.7 Å². The third kappa shape index (κ3) is 4.82. The molecule has 0 amide bonds. The molecule has 0 unspecified atom stereocenters. The maximum absolute atomic E-state index is 12.8. The summed E-state index contributed by atoms with van der Waals surface area (Å²) in [6, 6.07) is 5.37. The highest BCUT2D eigenvalue weighted by atomic mass is 35.5. The minimum atomic E-state index is 0.0179. The first-order chi connectivity index (χ1) is 14.2. The van der Waals surface area contributed by atoms with Gasteiger partial charge in [0.2, 0.25) is 0 Å². The van der Waals surface area contributed by atoms with Crippen LogP contribution in [0.5, 0.6) is 0 Å². The number of hydrogen-bond donors (Lipinski definition) is 0. The first-order valence-corrected chi connectivity index (χ1v) is 10.5. The Morgan fingerprint density at radius 1 is 1.23 bits per heavy atom. The van der Waals surface area contributed by atoms with Gasteiger partial charge in [0.1, 0.15) is 16.1 Å². The van der Waals surface area contributed by atoms with Crippen molar-refractivity contribution in [2.45, 2.75) is 33.1 Å². The molecule has 3 heterocycles. The summed E-state index contributed by atoms with van der Waals surface area (Å²) in [7, 11) is 1.89. The van der Waals surface area contributed by atoms with E-state index in [4.69, 9.17) is 28.2 Å². The SMILES string of the molecule is C=CCN(CC(=O)Cc1cc(Cl)nc(Cl)c1)c1cc(C(C)C)c2c(C)nn(C)c2n1. The molecule has 3 aromatic heterocycles. The van der Waals surface area contributed by atoms with E-state index in [2.05, 4.69) is 36.6 Å². The summed E-state index contributed by atoms with van der Waals surface area (Å²) in [4.78, 5) is 23.5. The van der Waals surface area contributed by atoms with Gasteiger partial charge in [-0.3, -0.25) is 9.48 Å². The van der Waals surface area contributed by atoms with Crippen LogP contribution in [0.1, 0.15) is 36.6 Å². The van der Waals surface area contributed by atoms with Gasteiger partial charge in [0.05, 0.1) is 12.2 Å². The van der Waals surface area contributed by atoms with Crippen LogP contribution in [0.4, 0.5) is 5.82 Å². The Balaban J connectivity index is 1.93. The number of Topliss-reactive ketones (excluding diaryl/α,β-unsaturated/α-hetero) is 1. The monoisotopic (exact) mass is 445 g/mol. The molecule has 3 aromatic rings. The van der Waals surface area contributed by atoms with Crippen molar-refractivity contribution in [3.8, 4) is 0 Å². The molecule has 0 aliphatic heterocycles. The highest BCUT2D eigenvalue weighted by Crippen LogP contribution is 2.30. The fourth-order valence-corrected chi connectivity index (χ4v) is 4.09. The van der Waals surface area contributed by atoms with Gasteiger partial charge in [-0.2, -0.15) is 5.10 Å². The normalized spacial score (nSPS) is 11.3. The van der Waals surface area contributed by atoms with Crippen molar-refractivity contribution in [2.24, 2.45) is 7.05 Å². The number of aromatic nitrogens is 4. The summed E-state index contributed by atoms with van der Waals surface area (Å²) >= 11 is 11.9. The number of rotatable bonds is 8. The molecule has 8 heteroatoms. The van der Waals surface area contributed by atoms with Crippen molar-refractivity contribution in [2.75, 3.05) is 18.0 Å². The Morgan fingerprint density at radius 2 is 1.90 bits per heavy atom. The van der Waals surface area contributed by atoms with E-state index in [0.717, 1.165) is 33.7 Å². The molecule has 0 aliphatic rings. The molecule has 0 saturated heterocycles. The third-order valence-corrected chi connectivity index (χ3v) is 5.26. The molecule has 3 rings (SSSR count). The van der Waals surface area contributed by atoms with Crippen molar-refractivity contribution >= 4 is 45.8 Å². The number of halogens is 2. The van der Waals surface area contributed by atoms with Gasteiger partial charge in [-0.05, 0) is 42.2 Å². The third-order valence-electron chi connectivity index (χ3n) is 4.87. The molecule has 0 radical (unpaired) electrons.